The third kappa shape index (κ3) is 5.05. The van der Waals surface area contributed by atoms with Crippen LogP contribution in [0.25, 0.3) is 0 Å². The molecule has 4 amide bonds. The molecule has 0 aliphatic carbocycles. The van der Waals surface area contributed by atoms with Gasteiger partial charge in [0.15, 0.2) is 0 Å². The van der Waals surface area contributed by atoms with E-state index < -0.39 is 12.1 Å². The first-order chi connectivity index (χ1) is 15.4. The Morgan fingerprint density at radius 3 is 1.59 bits per heavy atom. The van der Waals surface area contributed by atoms with Gasteiger partial charge in [0, 0.05) is 7.05 Å². The second-order valence-corrected chi connectivity index (χ2v) is 7.17. The molecule has 3 rings (SSSR count). The van der Waals surface area contributed by atoms with Gasteiger partial charge in [-0.05, 0) is 22.3 Å². The summed E-state index contributed by atoms with van der Waals surface area (Å²) in [5, 5.41) is 0. The van der Waals surface area contributed by atoms with Crippen LogP contribution in [-0.4, -0.2) is 46.0 Å². The smallest absolute Gasteiger partial charge is 0.275 e. The summed E-state index contributed by atoms with van der Waals surface area (Å²) in [5.74, 6) is 0.255. The molecule has 1 fully saturated rings. The van der Waals surface area contributed by atoms with Crippen molar-refractivity contribution in [2.75, 3.05) is 7.05 Å². The standard InChI is InChI=1S/C23H21N5O4/c1-17-27(13-20-7-3-5-18(9-20)11-24-15-29)22(31)26(2)23(32)28(17)14-21-8-4-6-19(10-21)12-25-16-30/h3-10H,1,11-14H2,2H3. The van der Waals surface area contributed by atoms with Crippen LogP contribution in [0.5, 0.6) is 0 Å². The number of benzene rings is 2. The molecule has 1 aliphatic rings. The zero-order valence-electron chi connectivity index (χ0n) is 17.5. The third-order valence-corrected chi connectivity index (χ3v) is 4.98. The first-order valence-electron chi connectivity index (χ1n) is 9.73. The Bertz CT molecular complexity index is 1060. The summed E-state index contributed by atoms with van der Waals surface area (Å²) in [4.78, 5) is 57.4. The van der Waals surface area contributed by atoms with Crippen LogP contribution in [0, 0.1) is 0 Å². The third-order valence-electron chi connectivity index (χ3n) is 4.98. The molecular weight excluding hydrogens is 410 g/mol. The topological polar surface area (TPSA) is 103 Å². The predicted octanol–water partition coefficient (Wildman–Crippen LogP) is 3.32. The van der Waals surface area contributed by atoms with Gasteiger partial charge in [-0.25, -0.2) is 34.1 Å². The highest BCUT2D eigenvalue weighted by atomic mass is 16.2. The van der Waals surface area contributed by atoms with Crippen LogP contribution in [0.3, 0.4) is 0 Å². The summed E-state index contributed by atoms with van der Waals surface area (Å²) in [6.07, 6.45) is 3.01. The average molecular weight is 431 g/mol. The monoisotopic (exact) mass is 431 g/mol. The number of aliphatic imine (C=N–C) groups is 2. The van der Waals surface area contributed by atoms with Crippen LogP contribution in [0.4, 0.5) is 9.59 Å². The fourth-order valence-corrected chi connectivity index (χ4v) is 3.39. The molecule has 9 heteroatoms. The van der Waals surface area contributed by atoms with E-state index in [9.17, 15) is 19.2 Å². The van der Waals surface area contributed by atoms with E-state index in [1.54, 1.807) is 0 Å². The minimum Gasteiger partial charge on any atom is -0.275 e. The molecule has 0 aromatic heterocycles. The Kier molecular flexibility index (Phi) is 7.08. The number of carbonyl (C=O) groups excluding carboxylic acids is 4. The molecular formula is C23H21N5O4. The number of carbonyl (C=O) groups is 2. The predicted molar refractivity (Wildman–Crippen MR) is 115 cm³/mol. The summed E-state index contributed by atoms with van der Waals surface area (Å²) in [5.41, 5.74) is 3.21. The molecule has 2 aromatic rings. The molecule has 1 aliphatic heterocycles. The average Bonchev–Trinajstić information content (AvgIpc) is 2.81. The highest BCUT2D eigenvalue weighted by Crippen LogP contribution is 2.25. The minimum absolute atomic E-state index is 0.193. The summed E-state index contributed by atoms with van der Waals surface area (Å²) >= 11 is 0. The van der Waals surface area contributed by atoms with Crippen LogP contribution in [-0.2, 0) is 35.8 Å². The maximum absolute atomic E-state index is 12.8. The van der Waals surface area contributed by atoms with Crippen molar-refractivity contribution in [2.45, 2.75) is 26.2 Å². The van der Waals surface area contributed by atoms with E-state index in [4.69, 9.17) is 0 Å². The van der Waals surface area contributed by atoms with E-state index >= 15 is 0 Å². The fraction of sp³-hybridized carbons (Fsp3) is 0.217. The Morgan fingerprint density at radius 1 is 0.781 bits per heavy atom. The number of urea groups is 2. The molecule has 32 heavy (non-hydrogen) atoms. The van der Waals surface area contributed by atoms with Crippen molar-refractivity contribution in [3.05, 3.63) is 83.2 Å². The molecule has 0 unspecified atom stereocenters. The van der Waals surface area contributed by atoms with Gasteiger partial charge in [0.05, 0.1) is 26.2 Å². The van der Waals surface area contributed by atoms with Crippen molar-refractivity contribution in [2.24, 2.45) is 9.98 Å². The number of isocyanates is 2. The highest BCUT2D eigenvalue weighted by Gasteiger charge is 2.37. The van der Waals surface area contributed by atoms with E-state index in [1.165, 1.54) is 29.0 Å². The molecule has 2 aromatic carbocycles. The molecule has 1 heterocycles. The SMILES string of the molecule is C=C1N(Cc2cccc(CN=C=O)c2)C(=O)N(C)C(=O)N1Cc1cccc(CN=C=O)c1. The Hall–Kier alpha value is -4.32. The van der Waals surface area contributed by atoms with Crippen molar-refractivity contribution < 1.29 is 19.2 Å². The van der Waals surface area contributed by atoms with Gasteiger partial charge >= 0.3 is 12.1 Å². The quantitative estimate of drug-likeness (QED) is 0.472. The van der Waals surface area contributed by atoms with Crippen LogP contribution in [0.15, 0.2) is 70.9 Å². The van der Waals surface area contributed by atoms with Gasteiger partial charge < -0.3 is 0 Å². The lowest BCUT2D eigenvalue weighted by atomic mass is 10.1. The Morgan fingerprint density at radius 2 is 1.19 bits per heavy atom. The maximum atomic E-state index is 12.8. The zero-order valence-corrected chi connectivity index (χ0v) is 17.5. The van der Waals surface area contributed by atoms with Gasteiger partial charge in [-0.3, -0.25) is 9.80 Å². The maximum Gasteiger partial charge on any atom is 0.333 e. The molecule has 9 nitrogen and oxygen atoms in total. The van der Waals surface area contributed by atoms with Crippen molar-refractivity contribution in [1.82, 2.24) is 14.7 Å². The number of amides is 4. The van der Waals surface area contributed by atoms with E-state index in [-0.39, 0.29) is 32.0 Å². The summed E-state index contributed by atoms with van der Waals surface area (Å²) in [7, 11) is 1.42. The van der Waals surface area contributed by atoms with Crippen molar-refractivity contribution in [1.29, 1.82) is 0 Å². The lowest BCUT2D eigenvalue weighted by Gasteiger charge is -2.41. The van der Waals surface area contributed by atoms with Crippen LogP contribution in [0.1, 0.15) is 22.3 Å². The normalized spacial score (nSPS) is 13.7. The minimum atomic E-state index is -0.485. The van der Waals surface area contributed by atoms with Crippen molar-refractivity contribution in [3.63, 3.8) is 0 Å². The van der Waals surface area contributed by atoms with Crippen molar-refractivity contribution >= 4 is 24.2 Å². The summed E-state index contributed by atoms with van der Waals surface area (Å²) < 4.78 is 0. The highest BCUT2D eigenvalue weighted by molar-refractivity contribution is 5.97. The van der Waals surface area contributed by atoms with Gasteiger partial charge in [0.2, 0.25) is 12.2 Å². The number of hydrogen-bond donors (Lipinski definition) is 0. The lowest BCUT2D eigenvalue weighted by Crippen LogP contribution is -2.57. The van der Waals surface area contributed by atoms with Crippen LogP contribution < -0.4 is 0 Å². The Balaban J connectivity index is 1.82. The molecule has 0 atom stereocenters. The summed E-state index contributed by atoms with van der Waals surface area (Å²) in [6, 6.07) is 13.6. The second-order valence-electron chi connectivity index (χ2n) is 7.17. The first-order valence-corrected chi connectivity index (χ1v) is 9.73. The van der Waals surface area contributed by atoms with Crippen LogP contribution in [0.2, 0.25) is 0 Å². The molecule has 0 bridgehead atoms. The number of nitrogens with zero attached hydrogens (tertiary/aromatic N) is 5. The van der Waals surface area contributed by atoms with E-state index in [2.05, 4.69) is 16.6 Å². The van der Waals surface area contributed by atoms with Gasteiger partial charge in [-0.15, -0.1) is 0 Å². The largest absolute Gasteiger partial charge is 0.333 e. The molecule has 0 N–H and O–H groups in total. The number of hydrogen-bond acceptors (Lipinski definition) is 6. The molecule has 162 valence electrons. The second kappa shape index (κ2) is 10.1. The zero-order chi connectivity index (χ0) is 23.1. The fourth-order valence-electron chi connectivity index (χ4n) is 3.39. The van der Waals surface area contributed by atoms with Gasteiger partial charge in [-0.1, -0.05) is 55.1 Å². The van der Waals surface area contributed by atoms with Crippen molar-refractivity contribution in [3.8, 4) is 0 Å². The summed E-state index contributed by atoms with van der Waals surface area (Å²) in [6.45, 7) is 4.77. The molecule has 0 radical (unpaired) electrons. The van der Waals surface area contributed by atoms with E-state index in [1.807, 2.05) is 48.5 Å². The Labute approximate surface area is 185 Å². The molecule has 0 spiro atoms. The van der Waals surface area contributed by atoms with Gasteiger partial charge in [0.25, 0.3) is 0 Å². The molecule has 1 saturated heterocycles. The van der Waals surface area contributed by atoms with Gasteiger partial charge in [0.1, 0.15) is 5.82 Å². The van der Waals surface area contributed by atoms with E-state index in [0.29, 0.717) is 0 Å². The molecule has 0 saturated carbocycles. The van der Waals surface area contributed by atoms with E-state index in [0.717, 1.165) is 27.2 Å². The lowest BCUT2D eigenvalue weighted by molar-refractivity contribution is 0.113. The number of rotatable bonds is 8. The van der Waals surface area contributed by atoms with Crippen LogP contribution >= 0.6 is 0 Å². The first kappa shape index (κ1) is 22.4. The number of imide groups is 1. The van der Waals surface area contributed by atoms with Gasteiger partial charge in [-0.2, -0.15) is 0 Å².